The van der Waals surface area contributed by atoms with Gasteiger partial charge in [0.05, 0.1) is 12.3 Å². The van der Waals surface area contributed by atoms with Gasteiger partial charge in [0.1, 0.15) is 4.90 Å². The first-order valence-electron chi connectivity index (χ1n) is 6.20. The monoisotopic (exact) mass is 285 g/mol. The molecular formula is C12H19N3O3S. The minimum absolute atomic E-state index is 0.232. The van der Waals surface area contributed by atoms with E-state index < -0.39 is 10.0 Å². The van der Waals surface area contributed by atoms with E-state index in [1.54, 1.807) is 26.4 Å². The van der Waals surface area contributed by atoms with Crippen molar-refractivity contribution in [2.45, 2.75) is 11.3 Å². The largest absolute Gasteiger partial charge is 0.387 e. The Labute approximate surface area is 113 Å². The van der Waals surface area contributed by atoms with Gasteiger partial charge in [-0.25, -0.2) is 8.42 Å². The van der Waals surface area contributed by atoms with Crippen LogP contribution in [0, 0.1) is 5.92 Å². The lowest BCUT2D eigenvalue weighted by molar-refractivity contribution is 0.157. The van der Waals surface area contributed by atoms with Gasteiger partial charge in [0.25, 0.3) is 0 Å². The molecule has 1 unspecified atom stereocenters. The minimum atomic E-state index is -3.48. The quantitative estimate of drug-likeness (QED) is 0.865. The number of rotatable bonds is 5. The molecule has 1 fully saturated rings. The van der Waals surface area contributed by atoms with Gasteiger partial charge in [-0.2, -0.15) is 4.31 Å². The maximum atomic E-state index is 12.6. The molecule has 106 valence electrons. The van der Waals surface area contributed by atoms with Gasteiger partial charge in [-0.1, -0.05) is 0 Å². The maximum absolute atomic E-state index is 12.6. The van der Waals surface area contributed by atoms with Gasteiger partial charge in [0.15, 0.2) is 0 Å². The van der Waals surface area contributed by atoms with Gasteiger partial charge in [-0.15, -0.1) is 0 Å². The van der Waals surface area contributed by atoms with Crippen molar-refractivity contribution in [2.24, 2.45) is 5.92 Å². The van der Waals surface area contributed by atoms with Crippen LogP contribution in [0.15, 0.2) is 23.4 Å². The van der Waals surface area contributed by atoms with E-state index in [0.29, 0.717) is 25.4 Å². The molecule has 0 bridgehead atoms. The number of hydrogen-bond donors (Lipinski definition) is 1. The average molecular weight is 285 g/mol. The van der Waals surface area contributed by atoms with Gasteiger partial charge >= 0.3 is 0 Å². The van der Waals surface area contributed by atoms with E-state index in [9.17, 15) is 8.42 Å². The number of anilines is 1. The van der Waals surface area contributed by atoms with Crippen LogP contribution < -0.4 is 5.32 Å². The first kappa shape index (κ1) is 14.2. The molecule has 0 saturated carbocycles. The predicted molar refractivity (Wildman–Crippen MR) is 72.5 cm³/mol. The van der Waals surface area contributed by atoms with Crippen LogP contribution in [0.2, 0.25) is 0 Å². The Bertz CT molecular complexity index is 533. The first-order chi connectivity index (χ1) is 9.09. The third-order valence-electron chi connectivity index (χ3n) is 3.32. The second-order valence-electron chi connectivity index (χ2n) is 4.59. The third-order valence-corrected chi connectivity index (χ3v) is 5.22. The van der Waals surface area contributed by atoms with Crippen molar-refractivity contribution in [1.82, 2.24) is 9.29 Å². The molecule has 1 aliphatic heterocycles. The Morgan fingerprint density at radius 1 is 1.58 bits per heavy atom. The number of aromatic nitrogens is 1. The van der Waals surface area contributed by atoms with E-state index in [2.05, 4.69) is 10.3 Å². The fraction of sp³-hybridized carbons (Fsp3) is 0.583. The number of sulfonamides is 1. The summed E-state index contributed by atoms with van der Waals surface area (Å²) in [6, 6.07) is 1.66. The third kappa shape index (κ3) is 2.88. The van der Waals surface area contributed by atoms with Gasteiger partial charge < -0.3 is 10.1 Å². The number of methoxy groups -OCH3 is 1. The summed E-state index contributed by atoms with van der Waals surface area (Å²) in [6.45, 7) is 1.64. The van der Waals surface area contributed by atoms with Crippen molar-refractivity contribution >= 4 is 15.7 Å². The lowest BCUT2D eigenvalue weighted by Gasteiger charge is -2.18. The van der Waals surface area contributed by atoms with Crippen LogP contribution >= 0.6 is 0 Å². The molecule has 0 aliphatic carbocycles. The fourth-order valence-electron chi connectivity index (χ4n) is 2.32. The van der Waals surface area contributed by atoms with Crippen molar-refractivity contribution in [3.63, 3.8) is 0 Å². The van der Waals surface area contributed by atoms with E-state index in [0.717, 1.165) is 6.42 Å². The summed E-state index contributed by atoms with van der Waals surface area (Å²) in [5.74, 6) is 0.273. The lowest BCUT2D eigenvalue weighted by Crippen LogP contribution is -2.30. The molecule has 2 heterocycles. The predicted octanol–water partition coefficient (Wildman–Crippen LogP) is 0.780. The van der Waals surface area contributed by atoms with Gasteiger partial charge in [0.2, 0.25) is 10.0 Å². The molecule has 0 spiro atoms. The van der Waals surface area contributed by atoms with Gasteiger partial charge in [-0.05, 0) is 18.4 Å². The highest BCUT2D eigenvalue weighted by Gasteiger charge is 2.33. The molecule has 1 aromatic heterocycles. The Balaban J connectivity index is 2.24. The van der Waals surface area contributed by atoms with Crippen LogP contribution in [0.3, 0.4) is 0 Å². The Hall–Kier alpha value is -1.18. The molecule has 7 heteroatoms. The summed E-state index contributed by atoms with van der Waals surface area (Å²) < 4.78 is 31.7. The minimum Gasteiger partial charge on any atom is -0.387 e. The van der Waals surface area contributed by atoms with E-state index in [4.69, 9.17) is 4.74 Å². The van der Waals surface area contributed by atoms with Crippen molar-refractivity contribution in [3.05, 3.63) is 18.5 Å². The molecule has 1 aromatic rings. The Morgan fingerprint density at radius 3 is 3.05 bits per heavy atom. The fourth-order valence-corrected chi connectivity index (χ4v) is 3.99. The van der Waals surface area contributed by atoms with Crippen LogP contribution in [0.1, 0.15) is 6.42 Å². The number of ether oxygens (including phenoxy) is 1. The summed E-state index contributed by atoms with van der Waals surface area (Å²) in [5, 5.41) is 2.89. The van der Waals surface area contributed by atoms with E-state index in [-0.39, 0.29) is 10.8 Å². The Kier molecular flexibility index (Phi) is 4.38. The normalized spacial score (nSPS) is 20.6. The maximum Gasteiger partial charge on any atom is 0.246 e. The van der Waals surface area contributed by atoms with E-state index in [1.165, 1.54) is 10.5 Å². The molecule has 2 rings (SSSR count). The van der Waals surface area contributed by atoms with E-state index in [1.807, 2.05) is 0 Å². The van der Waals surface area contributed by atoms with Crippen LogP contribution in [0.5, 0.6) is 0 Å². The van der Waals surface area contributed by atoms with Crippen molar-refractivity contribution in [1.29, 1.82) is 0 Å². The van der Waals surface area contributed by atoms with E-state index >= 15 is 0 Å². The first-order valence-corrected chi connectivity index (χ1v) is 7.64. The van der Waals surface area contributed by atoms with Crippen molar-refractivity contribution in [3.8, 4) is 0 Å². The molecule has 0 aromatic carbocycles. The molecular weight excluding hydrogens is 266 g/mol. The van der Waals surface area contributed by atoms with Crippen LogP contribution in [0.25, 0.3) is 0 Å². The summed E-state index contributed by atoms with van der Waals surface area (Å²) in [6.07, 6.45) is 3.80. The van der Waals surface area contributed by atoms with Gasteiger partial charge in [-0.3, -0.25) is 4.98 Å². The zero-order valence-corrected chi connectivity index (χ0v) is 12.0. The second-order valence-corrected chi connectivity index (χ2v) is 6.50. The number of pyridine rings is 1. The highest BCUT2D eigenvalue weighted by atomic mass is 32.2. The second kappa shape index (κ2) is 5.85. The molecule has 6 nitrogen and oxygen atoms in total. The molecule has 0 radical (unpaired) electrons. The molecule has 1 atom stereocenters. The molecule has 1 aliphatic rings. The number of nitrogens with zero attached hydrogens (tertiary/aromatic N) is 2. The highest BCUT2D eigenvalue weighted by Crippen LogP contribution is 2.28. The molecule has 1 saturated heterocycles. The zero-order valence-electron chi connectivity index (χ0n) is 11.2. The lowest BCUT2D eigenvalue weighted by atomic mass is 10.1. The number of hydrogen-bond acceptors (Lipinski definition) is 5. The smallest absolute Gasteiger partial charge is 0.246 e. The summed E-state index contributed by atoms with van der Waals surface area (Å²) in [7, 11) is -0.143. The summed E-state index contributed by atoms with van der Waals surface area (Å²) in [5.41, 5.74) is 0.574. The van der Waals surface area contributed by atoms with Crippen LogP contribution in [0.4, 0.5) is 5.69 Å². The topological polar surface area (TPSA) is 71.5 Å². The molecule has 0 amide bonds. The SMILES string of the molecule is CNc1ccncc1S(=O)(=O)N1CCC(COC)C1. The van der Waals surface area contributed by atoms with Crippen LogP contribution in [-0.4, -0.2) is 51.6 Å². The summed E-state index contributed by atoms with van der Waals surface area (Å²) >= 11 is 0. The average Bonchev–Trinajstić information content (AvgIpc) is 2.88. The Morgan fingerprint density at radius 2 is 2.37 bits per heavy atom. The van der Waals surface area contributed by atoms with Crippen molar-refractivity contribution in [2.75, 3.05) is 39.2 Å². The molecule has 1 N–H and O–H groups in total. The summed E-state index contributed by atoms with van der Waals surface area (Å²) in [4.78, 5) is 4.15. The van der Waals surface area contributed by atoms with Crippen LogP contribution in [-0.2, 0) is 14.8 Å². The van der Waals surface area contributed by atoms with Gasteiger partial charge in [0, 0.05) is 39.6 Å². The number of nitrogens with one attached hydrogen (secondary N) is 1. The van der Waals surface area contributed by atoms with Crippen molar-refractivity contribution < 1.29 is 13.2 Å². The zero-order chi connectivity index (χ0) is 13.9. The standard InChI is InChI=1S/C12H19N3O3S/c1-13-11-3-5-14-7-12(11)19(16,17)15-6-4-10(8-15)9-18-2/h3,5,7,10H,4,6,8-9H2,1-2H3,(H,13,14). The highest BCUT2D eigenvalue weighted by molar-refractivity contribution is 7.89. The molecule has 19 heavy (non-hydrogen) atoms.